The van der Waals surface area contributed by atoms with Crippen LogP contribution in [0.1, 0.15) is 5.56 Å². The Hall–Kier alpha value is -3.91. The predicted molar refractivity (Wildman–Crippen MR) is 127 cm³/mol. The second-order valence-electron chi connectivity index (χ2n) is 6.74. The molecule has 1 amide bonds. The smallest absolute Gasteiger partial charge is 0.266 e. The van der Waals surface area contributed by atoms with Gasteiger partial charge in [-0.15, -0.1) is 0 Å². The van der Waals surface area contributed by atoms with Gasteiger partial charge in [-0.1, -0.05) is 54.2 Å². The van der Waals surface area contributed by atoms with E-state index in [1.807, 2.05) is 36.4 Å². The van der Waals surface area contributed by atoms with Gasteiger partial charge in [0.2, 0.25) is 0 Å². The number of hydrogen-bond donors (Lipinski definition) is 1. The van der Waals surface area contributed by atoms with Crippen LogP contribution in [0.3, 0.4) is 0 Å². The quantitative estimate of drug-likeness (QED) is 0.204. The minimum absolute atomic E-state index is 0.0487. The lowest BCUT2D eigenvalue weighted by Crippen LogP contribution is -2.24. The normalized spacial score (nSPS) is 11.0. The van der Waals surface area contributed by atoms with Crippen molar-refractivity contribution in [3.05, 3.63) is 94.8 Å². The van der Waals surface area contributed by atoms with Crippen LogP contribution < -0.4 is 15.7 Å². The molecule has 3 aromatic carbocycles. The topological polar surface area (TPSA) is 85.6 Å². The Labute approximate surface area is 188 Å². The molecule has 0 fully saturated rings. The second-order valence-corrected chi connectivity index (χ2v) is 7.69. The first-order valence-corrected chi connectivity index (χ1v) is 10.8. The Morgan fingerprint density at radius 2 is 1.78 bits per heavy atom. The van der Waals surface area contributed by atoms with E-state index in [9.17, 15) is 9.59 Å². The molecule has 1 aromatic heterocycles. The average Bonchev–Trinajstić information content (AvgIpc) is 2.84. The van der Waals surface area contributed by atoms with E-state index >= 15 is 0 Å². The first-order valence-electron chi connectivity index (χ1n) is 9.81. The average molecular weight is 445 g/mol. The molecule has 8 heteroatoms. The Bertz CT molecular complexity index is 1320. The summed E-state index contributed by atoms with van der Waals surface area (Å²) in [6, 6.07) is 23.7. The molecule has 32 heavy (non-hydrogen) atoms. The molecule has 160 valence electrons. The fraction of sp³-hybridized carbons (Fsp3) is 0.0833. The van der Waals surface area contributed by atoms with Crippen molar-refractivity contribution < 1.29 is 9.53 Å². The first-order chi connectivity index (χ1) is 15.7. The molecule has 0 saturated heterocycles. The summed E-state index contributed by atoms with van der Waals surface area (Å²) < 4.78 is 6.72. The van der Waals surface area contributed by atoms with E-state index in [0.717, 1.165) is 5.56 Å². The third kappa shape index (κ3) is 4.87. The number of nitrogens with zero attached hydrogens (tertiary/aromatic N) is 3. The second kappa shape index (κ2) is 9.93. The number of aromatic nitrogens is 2. The fourth-order valence-corrected chi connectivity index (χ4v) is 3.85. The first kappa shape index (κ1) is 21.3. The lowest BCUT2D eigenvalue weighted by Gasteiger charge is -2.13. The van der Waals surface area contributed by atoms with Gasteiger partial charge < -0.3 is 4.74 Å². The number of hydrogen-bond acceptors (Lipinski definition) is 6. The van der Waals surface area contributed by atoms with Crippen molar-refractivity contribution in [3.8, 4) is 11.4 Å². The molecule has 0 bridgehead atoms. The zero-order chi connectivity index (χ0) is 22.3. The summed E-state index contributed by atoms with van der Waals surface area (Å²) in [6.07, 6.45) is 1.57. The van der Waals surface area contributed by atoms with Crippen LogP contribution in [0.2, 0.25) is 0 Å². The van der Waals surface area contributed by atoms with E-state index in [1.54, 1.807) is 55.8 Å². The van der Waals surface area contributed by atoms with E-state index in [2.05, 4.69) is 15.5 Å². The van der Waals surface area contributed by atoms with Gasteiger partial charge in [0.1, 0.15) is 5.75 Å². The number of carbonyl (C=O) groups excluding carboxylic acids is 1. The maximum atomic E-state index is 13.2. The number of ether oxygens (including phenoxy) is 1. The van der Waals surface area contributed by atoms with Gasteiger partial charge in [0, 0.05) is 0 Å². The van der Waals surface area contributed by atoms with Gasteiger partial charge in [0.15, 0.2) is 5.16 Å². The number of carbonyl (C=O) groups is 1. The SMILES string of the molecule is COc1ccc(-n2c(SCC(=O)N/N=C\c3ccccc3)nc3ccccc3c2=O)cc1. The molecular formula is C24H20N4O3S. The third-order valence-electron chi connectivity index (χ3n) is 4.61. The summed E-state index contributed by atoms with van der Waals surface area (Å²) in [6.45, 7) is 0. The van der Waals surface area contributed by atoms with Gasteiger partial charge in [0.25, 0.3) is 11.5 Å². The Morgan fingerprint density at radius 1 is 1.06 bits per heavy atom. The zero-order valence-corrected chi connectivity index (χ0v) is 18.1. The van der Waals surface area contributed by atoms with Gasteiger partial charge in [-0.05, 0) is 42.0 Å². The molecule has 0 unspecified atom stereocenters. The van der Waals surface area contributed by atoms with Crippen LogP contribution >= 0.6 is 11.8 Å². The summed E-state index contributed by atoms with van der Waals surface area (Å²) in [5, 5.41) is 4.90. The lowest BCUT2D eigenvalue weighted by molar-refractivity contribution is -0.118. The van der Waals surface area contributed by atoms with Crippen molar-refractivity contribution in [2.45, 2.75) is 5.16 Å². The van der Waals surface area contributed by atoms with Crippen LogP contribution in [-0.2, 0) is 4.79 Å². The Balaban J connectivity index is 1.58. The van der Waals surface area contributed by atoms with E-state index < -0.39 is 0 Å². The highest BCUT2D eigenvalue weighted by atomic mass is 32.2. The highest BCUT2D eigenvalue weighted by molar-refractivity contribution is 7.99. The molecular weight excluding hydrogens is 424 g/mol. The summed E-state index contributed by atoms with van der Waals surface area (Å²) in [7, 11) is 1.58. The molecule has 0 aliphatic heterocycles. The van der Waals surface area contributed by atoms with Gasteiger partial charge in [-0.2, -0.15) is 5.10 Å². The molecule has 0 spiro atoms. The molecule has 0 aliphatic carbocycles. The Kier molecular flexibility index (Phi) is 6.62. The van der Waals surface area contributed by atoms with Gasteiger partial charge in [-0.25, -0.2) is 10.4 Å². The number of methoxy groups -OCH3 is 1. The third-order valence-corrected chi connectivity index (χ3v) is 5.55. The minimum atomic E-state index is -0.300. The summed E-state index contributed by atoms with van der Waals surface area (Å²) in [4.78, 5) is 30.2. The highest BCUT2D eigenvalue weighted by Crippen LogP contribution is 2.22. The summed E-state index contributed by atoms with van der Waals surface area (Å²) in [5.41, 5.74) is 4.40. The molecule has 1 N–H and O–H groups in total. The number of thioether (sulfide) groups is 1. The molecule has 0 radical (unpaired) electrons. The maximum Gasteiger partial charge on any atom is 0.266 e. The molecule has 7 nitrogen and oxygen atoms in total. The number of nitrogens with one attached hydrogen (secondary N) is 1. The van der Waals surface area contributed by atoms with E-state index in [1.165, 1.54) is 16.3 Å². The predicted octanol–water partition coefficient (Wildman–Crippen LogP) is 3.64. The van der Waals surface area contributed by atoms with Crippen LogP contribution in [0.25, 0.3) is 16.6 Å². The van der Waals surface area contributed by atoms with Crippen molar-refractivity contribution in [1.82, 2.24) is 15.0 Å². The fourth-order valence-electron chi connectivity index (χ4n) is 3.05. The van der Waals surface area contributed by atoms with Crippen molar-refractivity contribution >= 4 is 34.8 Å². The number of fused-ring (bicyclic) bond motifs is 1. The van der Waals surface area contributed by atoms with Crippen LogP contribution in [-0.4, -0.2) is 34.5 Å². The summed E-state index contributed by atoms with van der Waals surface area (Å²) in [5.74, 6) is 0.429. The van der Waals surface area contributed by atoms with Gasteiger partial charge in [0.05, 0.1) is 35.7 Å². The van der Waals surface area contributed by atoms with Crippen molar-refractivity contribution in [3.63, 3.8) is 0 Å². The maximum absolute atomic E-state index is 13.2. The minimum Gasteiger partial charge on any atom is -0.497 e. The van der Waals surface area contributed by atoms with Gasteiger partial charge >= 0.3 is 0 Å². The molecule has 4 rings (SSSR count). The number of para-hydroxylation sites is 1. The number of benzene rings is 3. The van der Waals surface area contributed by atoms with Crippen molar-refractivity contribution in [2.24, 2.45) is 5.10 Å². The largest absolute Gasteiger partial charge is 0.497 e. The van der Waals surface area contributed by atoms with Crippen LogP contribution in [0.4, 0.5) is 0 Å². The molecule has 1 heterocycles. The zero-order valence-electron chi connectivity index (χ0n) is 17.3. The van der Waals surface area contributed by atoms with E-state index in [-0.39, 0.29) is 17.2 Å². The van der Waals surface area contributed by atoms with E-state index in [4.69, 9.17) is 4.74 Å². The van der Waals surface area contributed by atoms with E-state index in [0.29, 0.717) is 27.5 Å². The molecule has 4 aromatic rings. The molecule has 0 aliphatic rings. The van der Waals surface area contributed by atoms with Crippen LogP contribution in [0.15, 0.2) is 93.9 Å². The van der Waals surface area contributed by atoms with Crippen LogP contribution in [0, 0.1) is 0 Å². The van der Waals surface area contributed by atoms with Gasteiger partial charge in [-0.3, -0.25) is 14.2 Å². The number of hydrazone groups is 1. The highest BCUT2D eigenvalue weighted by Gasteiger charge is 2.14. The molecule has 0 saturated carbocycles. The van der Waals surface area contributed by atoms with Crippen molar-refractivity contribution in [2.75, 3.05) is 12.9 Å². The number of rotatable bonds is 7. The van der Waals surface area contributed by atoms with Crippen LogP contribution in [0.5, 0.6) is 5.75 Å². The number of amides is 1. The Morgan fingerprint density at radius 3 is 2.53 bits per heavy atom. The lowest BCUT2D eigenvalue weighted by atomic mass is 10.2. The summed E-state index contributed by atoms with van der Waals surface area (Å²) >= 11 is 1.17. The molecule has 0 atom stereocenters. The monoisotopic (exact) mass is 444 g/mol. The standard InChI is InChI=1S/C24H20N4O3S/c1-31-19-13-11-18(12-14-19)28-23(30)20-9-5-6-10-21(20)26-24(28)32-16-22(29)27-25-15-17-7-3-2-4-8-17/h2-15H,16H2,1H3,(H,27,29)/b25-15-. The van der Waals surface area contributed by atoms with Crippen molar-refractivity contribution in [1.29, 1.82) is 0 Å².